The molecule has 1 aromatic rings. The number of aromatic nitrogens is 2. The molecule has 0 radical (unpaired) electrons. The summed E-state index contributed by atoms with van der Waals surface area (Å²) in [6.07, 6.45) is 3.75. The summed E-state index contributed by atoms with van der Waals surface area (Å²) in [5.41, 5.74) is -0.0599. The van der Waals surface area contributed by atoms with E-state index in [2.05, 4.69) is 18.8 Å². The first-order valence-electron chi connectivity index (χ1n) is 6.06. The molecule has 0 bridgehead atoms. The van der Waals surface area contributed by atoms with E-state index in [1.165, 1.54) is 0 Å². The van der Waals surface area contributed by atoms with Crippen molar-refractivity contribution in [2.24, 2.45) is 5.92 Å². The predicted octanol–water partition coefficient (Wildman–Crippen LogP) is 0.470. The summed E-state index contributed by atoms with van der Waals surface area (Å²) in [7, 11) is 0. The van der Waals surface area contributed by atoms with Crippen LogP contribution in [0.3, 0.4) is 0 Å². The Hall–Kier alpha value is -1.36. The predicted molar refractivity (Wildman–Crippen MR) is 66.2 cm³/mol. The smallest absolute Gasteiger partial charge is 0.293 e. The van der Waals surface area contributed by atoms with Gasteiger partial charge in [-0.3, -0.25) is 4.79 Å². The van der Waals surface area contributed by atoms with Crippen molar-refractivity contribution in [1.82, 2.24) is 9.55 Å². The molecule has 1 saturated heterocycles. The highest BCUT2D eigenvalue weighted by molar-refractivity contribution is 5.37. The van der Waals surface area contributed by atoms with Gasteiger partial charge in [0.05, 0.1) is 6.10 Å². The Kier molecular flexibility index (Phi) is 3.47. The quantitative estimate of drug-likeness (QED) is 0.830. The first-order valence-corrected chi connectivity index (χ1v) is 6.06. The summed E-state index contributed by atoms with van der Waals surface area (Å²) in [5.74, 6) is 0.886. The molecule has 0 unspecified atom stereocenters. The highest BCUT2D eigenvalue weighted by atomic mass is 16.3. The zero-order valence-electron chi connectivity index (χ0n) is 10.3. The number of aliphatic hydroxyl groups excluding tert-OH is 1. The van der Waals surface area contributed by atoms with Crippen molar-refractivity contribution >= 4 is 5.82 Å². The molecule has 1 aliphatic heterocycles. The largest absolute Gasteiger partial charge is 0.391 e. The Morgan fingerprint density at radius 1 is 1.59 bits per heavy atom. The minimum Gasteiger partial charge on any atom is -0.391 e. The summed E-state index contributed by atoms with van der Waals surface area (Å²) in [6.45, 7) is 6.06. The topological polar surface area (TPSA) is 58.4 Å². The van der Waals surface area contributed by atoms with Gasteiger partial charge in [-0.15, -0.1) is 0 Å². The second-order valence-corrected chi connectivity index (χ2v) is 4.99. The lowest BCUT2D eigenvalue weighted by Crippen LogP contribution is -2.33. The maximum absolute atomic E-state index is 12.2. The summed E-state index contributed by atoms with van der Waals surface area (Å²) in [5, 5.41) is 9.49. The molecule has 0 saturated carbocycles. The third-order valence-electron chi connectivity index (χ3n) is 2.92. The molecule has 1 N–H and O–H groups in total. The van der Waals surface area contributed by atoms with Gasteiger partial charge in [0, 0.05) is 32.0 Å². The Labute approximate surface area is 101 Å². The van der Waals surface area contributed by atoms with Crippen molar-refractivity contribution in [3.8, 4) is 0 Å². The second-order valence-electron chi connectivity index (χ2n) is 4.99. The van der Waals surface area contributed by atoms with E-state index in [-0.39, 0.29) is 11.7 Å². The molecule has 0 amide bonds. The summed E-state index contributed by atoms with van der Waals surface area (Å²) in [6, 6.07) is 0. The number of anilines is 1. The normalized spacial score (nSPS) is 20.2. The lowest BCUT2D eigenvalue weighted by molar-refractivity contribution is 0.198. The molecule has 2 heterocycles. The molecule has 5 heteroatoms. The molecule has 1 aliphatic rings. The van der Waals surface area contributed by atoms with E-state index in [1.54, 1.807) is 17.0 Å². The summed E-state index contributed by atoms with van der Waals surface area (Å²) < 4.78 is 1.69. The fourth-order valence-corrected chi connectivity index (χ4v) is 2.12. The number of aliphatic hydroxyl groups is 1. The molecule has 0 aliphatic carbocycles. The van der Waals surface area contributed by atoms with Crippen LogP contribution in [0.2, 0.25) is 0 Å². The molecule has 5 nitrogen and oxygen atoms in total. The lowest BCUT2D eigenvalue weighted by atomic mass is 10.2. The second kappa shape index (κ2) is 4.87. The average Bonchev–Trinajstić information content (AvgIpc) is 2.67. The van der Waals surface area contributed by atoms with Crippen molar-refractivity contribution in [3.63, 3.8) is 0 Å². The van der Waals surface area contributed by atoms with E-state index >= 15 is 0 Å². The van der Waals surface area contributed by atoms with Crippen molar-refractivity contribution in [2.75, 3.05) is 18.0 Å². The van der Waals surface area contributed by atoms with E-state index in [0.717, 1.165) is 0 Å². The van der Waals surface area contributed by atoms with Gasteiger partial charge in [0.1, 0.15) is 0 Å². The highest BCUT2D eigenvalue weighted by Gasteiger charge is 2.23. The van der Waals surface area contributed by atoms with Gasteiger partial charge in [-0.25, -0.2) is 4.98 Å². The minimum absolute atomic E-state index is 0.0599. The Morgan fingerprint density at radius 2 is 2.35 bits per heavy atom. The Bertz CT molecular complexity index is 442. The van der Waals surface area contributed by atoms with Crippen LogP contribution in [0.5, 0.6) is 0 Å². The number of rotatable bonds is 3. The van der Waals surface area contributed by atoms with E-state index in [4.69, 9.17) is 0 Å². The van der Waals surface area contributed by atoms with Crippen molar-refractivity contribution in [1.29, 1.82) is 0 Å². The molecule has 1 atom stereocenters. The maximum atomic E-state index is 12.2. The first kappa shape index (κ1) is 12.1. The van der Waals surface area contributed by atoms with Gasteiger partial charge in [-0.2, -0.15) is 0 Å². The van der Waals surface area contributed by atoms with Crippen molar-refractivity contribution in [2.45, 2.75) is 32.9 Å². The van der Waals surface area contributed by atoms with Crippen LogP contribution in [0.1, 0.15) is 20.3 Å². The molecule has 94 valence electrons. The van der Waals surface area contributed by atoms with Gasteiger partial charge in [0.15, 0.2) is 5.82 Å². The van der Waals surface area contributed by atoms with Crippen LogP contribution >= 0.6 is 0 Å². The number of hydrogen-bond donors (Lipinski definition) is 1. The SMILES string of the molecule is CC(C)Cn1ccnc(N2CC[C@H](O)C2)c1=O. The maximum Gasteiger partial charge on any atom is 0.293 e. The van der Waals surface area contributed by atoms with E-state index in [0.29, 0.717) is 37.8 Å². The fourth-order valence-electron chi connectivity index (χ4n) is 2.12. The standard InChI is InChI=1S/C12H19N3O2/c1-9(2)7-15-6-4-13-11(12(15)17)14-5-3-10(16)8-14/h4,6,9-10,16H,3,5,7-8H2,1-2H3/t10-/m0/s1. The minimum atomic E-state index is -0.338. The van der Waals surface area contributed by atoms with Crippen LogP contribution in [0.4, 0.5) is 5.82 Å². The van der Waals surface area contributed by atoms with Gasteiger partial charge >= 0.3 is 0 Å². The molecule has 1 fully saturated rings. The van der Waals surface area contributed by atoms with Crippen molar-refractivity contribution in [3.05, 3.63) is 22.7 Å². The molecule has 0 aromatic carbocycles. The summed E-state index contributed by atoms with van der Waals surface area (Å²) >= 11 is 0. The van der Waals surface area contributed by atoms with Crippen LogP contribution in [0.15, 0.2) is 17.2 Å². The molecule has 0 spiro atoms. The van der Waals surface area contributed by atoms with E-state index < -0.39 is 0 Å². The first-order chi connectivity index (χ1) is 8.08. The third kappa shape index (κ3) is 2.66. The zero-order valence-corrected chi connectivity index (χ0v) is 10.3. The Morgan fingerprint density at radius 3 is 2.94 bits per heavy atom. The van der Waals surface area contributed by atoms with E-state index in [9.17, 15) is 9.90 Å². The average molecular weight is 237 g/mol. The van der Waals surface area contributed by atoms with Crippen LogP contribution in [-0.2, 0) is 6.54 Å². The van der Waals surface area contributed by atoms with Gasteiger partial charge in [0.2, 0.25) is 0 Å². The molecule has 2 rings (SSSR count). The lowest BCUT2D eigenvalue weighted by Gasteiger charge is -2.17. The number of β-amino-alcohol motifs (C(OH)–C–C–N with tert-alkyl or cyclic N) is 1. The fraction of sp³-hybridized carbons (Fsp3) is 0.667. The zero-order chi connectivity index (χ0) is 12.4. The number of hydrogen-bond acceptors (Lipinski definition) is 4. The van der Waals surface area contributed by atoms with Crippen molar-refractivity contribution < 1.29 is 5.11 Å². The van der Waals surface area contributed by atoms with Crippen LogP contribution in [0, 0.1) is 5.92 Å². The van der Waals surface area contributed by atoms with Gasteiger partial charge < -0.3 is 14.6 Å². The highest BCUT2D eigenvalue weighted by Crippen LogP contribution is 2.14. The van der Waals surface area contributed by atoms with Gasteiger partial charge in [-0.05, 0) is 12.3 Å². The van der Waals surface area contributed by atoms with Gasteiger partial charge in [0.25, 0.3) is 5.56 Å². The van der Waals surface area contributed by atoms with Crippen LogP contribution in [0.25, 0.3) is 0 Å². The van der Waals surface area contributed by atoms with Gasteiger partial charge in [-0.1, -0.05) is 13.8 Å². The number of nitrogens with zero attached hydrogens (tertiary/aromatic N) is 3. The molecule has 17 heavy (non-hydrogen) atoms. The van der Waals surface area contributed by atoms with Crippen LogP contribution in [-0.4, -0.2) is 33.9 Å². The summed E-state index contributed by atoms with van der Waals surface area (Å²) in [4.78, 5) is 18.2. The third-order valence-corrected chi connectivity index (χ3v) is 2.92. The van der Waals surface area contributed by atoms with E-state index in [1.807, 2.05) is 4.90 Å². The Balaban J connectivity index is 2.26. The monoisotopic (exact) mass is 237 g/mol. The molecular weight excluding hydrogens is 218 g/mol. The molecule has 1 aromatic heterocycles. The molecular formula is C12H19N3O2. The van der Waals surface area contributed by atoms with Crippen LogP contribution < -0.4 is 10.5 Å².